The highest BCUT2D eigenvalue weighted by molar-refractivity contribution is 5.34. The average molecular weight is 246 g/mol. The summed E-state index contributed by atoms with van der Waals surface area (Å²) < 4.78 is 0. The van der Waals surface area contributed by atoms with Crippen LogP contribution in [0.5, 0.6) is 0 Å². The fraction of sp³-hybridized carbons (Fsp3) is 0.625. The lowest BCUT2D eigenvalue weighted by Crippen LogP contribution is -2.55. The van der Waals surface area contributed by atoms with E-state index in [1.807, 2.05) is 0 Å². The first-order valence-electron chi connectivity index (χ1n) is 6.89. The number of aryl methyl sites for hydroxylation is 1. The SMILES string of the molecule is Cc1ccc(C(C)(C)C)cc1CN(C)C1CNC1. The first kappa shape index (κ1) is 13.6. The highest BCUT2D eigenvalue weighted by Crippen LogP contribution is 2.25. The van der Waals surface area contributed by atoms with E-state index in [9.17, 15) is 0 Å². The molecular formula is C16H26N2. The molecule has 0 unspecified atom stereocenters. The molecule has 100 valence electrons. The predicted octanol–water partition coefficient (Wildman–Crippen LogP) is 2.70. The first-order valence-corrected chi connectivity index (χ1v) is 6.89. The van der Waals surface area contributed by atoms with Gasteiger partial charge >= 0.3 is 0 Å². The second-order valence-electron chi connectivity index (χ2n) is 6.62. The van der Waals surface area contributed by atoms with Crippen LogP contribution in [-0.2, 0) is 12.0 Å². The summed E-state index contributed by atoms with van der Waals surface area (Å²) >= 11 is 0. The van der Waals surface area contributed by atoms with Gasteiger partial charge in [0.15, 0.2) is 0 Å². The van der Waals surface area contributed by atoms with Crippen molar-refractivity contribution in [2.24, 2.45) is 0 Å². The van der Waals surface area contributed by atoms with Gasteiger partial charge in [0.05, 0.1) is 0 Å². The number of nitrogens with one attached hydrogen (secondary N) is 1. The van der Waals surface area contributed by atoms with Gasteiger partial charge in [0.1, 0.15) is 0 Å². The maximum atomic E-state index is 3.34. The molecule has 1 N–H and O–H groups in total. The zero-order chi connectivity index (χ0) is 13.3. The van der Waals surface area contributed by atoms with Gasteiger partial charge in [-0.1, -0.05) is 39.0 Å². The van der Waals surface area contributed by atoms with Gasteiger partial charge in [-0.15, -0.1) is 0 Å². The molecule has 0 spiro atoms. The zero-order valence-electron chi connectivity index (χ0n) is 12.4. The van der Waals surface area contributed by atoms with Crippen LogP contribution in [0.25, 0.3) is 0 Å². The van der Waals surface area contributed by atoms with Crippen molar-refractivity contribution < 1.29 is 0 Å². The second kappa shape index (κ2) is 5.02. The second-order valence-corrected chi connectivity index (χ2v) is 6.62. The van der Waals surface area contributed by atoms with Gasteiger partial charge in [-0.05, 0) is 36.1 Å². The summed E-state index contributed by atoms with van der Waals surface area (Å²) in [5, 5.41) is 3.34. The minimum absolute atomic E-state index is 0.235. The van der Waals surface area contributed by atoms with E-state index >= 15 is 0 Å². The van der Waals surface area contributed by atoms with Crippen LogP contribution in [0.2, 0.25) is 0 Å². The van der Waals surface area contributed by atoms with Crippen molar-refractivity contribution in [2.75, 3.05) is 20.1 Å². The van der Waals surface area contributed by atoms with Crippen molar-refractivity contribution in [1.29, 1.82) is 0 Å². The highest BCUT2D eigenvalue weighted by Gasteiger charge is 2.22. The monoisotopic (exact) mass is 246 g/mol. The van der Waals surface area contributed by atoms with Crippen molar-refractivity contribution in [3.05, 3.63) is 34.9 Å². The number of rotatable bonds is 3. The zero-order valence-corrected chi connectivity index (χ0v) is 12.4. The van der Waals surface area contributed by atoms with E-state index in [-0.39, 0.29) is 5.41 Å². The molecule has 18 heavy (non-hydrogen) atoms. The molecule has 1 aliphatic heterocycles. The van der Waals surface area contributed by atoms with Crippen molar-refractivity contribution in [3.8, 4) is 0 Å². The summed E-state index contributed by atoms with van der Waals surface area (Å²) in [7, 11) is 2.23. The molecule has 1 aliphatic rings. The van der Waals surface area contributed by atoms with Crippen LogP contribution in [0.1, 0.15) is 37.5 Å². The Hall–Kier alpha value is -0.860. The van der Waals surface area contributed by atoms with E-state index in [0.717, 1.165) is 19.6 Å². The van der Waals surface area contributed by atoms with Crippen molar-refractivity contribution in [2.45, 2.75) is 45.7 Å². The fourth-order valence-corrected chi connectivity index (χ4v) is 2.29. The maximum absolute atomic E-state index is 3.34. The highest BCUT2D eigenvalue weighted by atomic mass is 15.2. The van der Waals surface area contributed by atoms with Crippen LogP contribution < -0.4 is 5.32 Å². The molecule has 1 fully saturated rings. The Morgan fingerprint density at radius 2 is 1.94 bits per heavy atom. The summed E-state index contributed by atoms with van der Waals surface area (Å²) in [6, 6.07) is 7.63. The molecular weight excluding hydrogens is 220 g/mol. The molecule has 0 saturated carbocycles. The van der Waals surface area contributed by atoms with Gasteiger partial charge in [-0.25, -0.2) is 0 Å². The Morgan fingerprint density at radius 3 is 2.44 bits per heavy atom. The van der Waals surface area contributed by atoms with Crippen molar-refractivity contribution in [3.63, 3.8) is 0 Å². The average Bonchev–Trinajstić information content (AvgIpc) is 2.16. The summed E-state index contributed by atoms with van der Waals surface area (Å²) in [6.07, 6.45) is 0. The Balaban J connectivity index is 2.15. The van der Waals surface area contributed by atoms with Crippen LogP contribution in [0.3, 0.4) is 0 Å². The Labute approximate surface area is 111 Å². The van der Waals surface area contributed by atoms with Crippen LogP contribution in [0, 0.1) is 6.92 Å². The van der Waals surface area contributed by atoms with E-state index in [2.05, 4.69) is 63.2 Å². The Kier molecular flexibility index (Phi) is 3.79. The van der Waals surface area contributed by atoms with Crippen molar-refractivity contribution >= 4 is 0 Å². The third-order valence-corrected chi connectivity index (χ3v) is 4.02. The quantitative estimate of drug-likeness (QED) is 0.882. The molecule has 1 saturated heterocycles. The van der Waals surface area contributed by atoms with Gasteiger partial charge < -0.3 is 5.32 Å². The predicted molar refractivity (Wildman–Crippen MR) is 78.0 cm³/mol. The van der Waals surface area contributed by atoms with E-state index < -0.39 is 0 Å². The van der Waals surface area contributed by atoms with E-state index in [4.69, 9.17) is 0 Å². The molecule has 2 heteroatoms. The molecule has 1 heterocycles. The largest absolute Gasteiger partial charge is 0.314 e. The third kappa shape index (κ3) is 2.93. The Morgan fingerprint density at radius 1 is 1.28 bits per heavy atom. The van der Waals surface area contributed by atoms with Gasteiger partial charge in [-0.2, -0.15) is 0 Å². The molecule has 0 atom stereocenters. The standard InChI is InChI=1S/C16H26N2/c1-12-6-7-14(16(2,3)4)8-13(12)11-18(5)15-9-17-10-15/h6-8,15,17H,9-11H2,1-5H3. The molecule has 0 aliphatic carbocycles. The maximum Gasteiger partial charge on any atom is 0.0345 e. The molecule has 0 bridgehead atoms. The van der Waals surface area contributed by atoms with E-state index in [1.54, 1.807) is 0 Å². The van der Waals surface area contributed by atoms with Crippen LogP contribution in [-0.4, -0.2) is 31.1 Å². The van der Waals surface area contributed by atoms with Gasteiger partial charge in [0.2, 0.25) is 0 Å². The van der Waals surface area contributed by atoms with Crippen LogP contribution in [0.15, 0.2) is 18.2 Å². The lowest BCUT2D eigenvalue weighted by Gasteiger charge is -2.36. The summed E-state index contributed by atoms with van der Waals surface area (Å²) in [5.41, 5.74) is 4.54. The summed E-state index contributed by atoms with van der Waals surface area (Å²) in [4.78, 5) is 2.46. The van der Waals surface area contributed by atoms with Crippen molar-refractivity contribution in [1.82, 2.24) is 10.2 Å². The fourth-order valence-electron chi connectivity index (χ4n) is 2.29. The van der Waals surface area contributed by atoms with Crippen LogP contribution in [0.4, 0.5) is 0 Å². The van der Waals surface area contributed by atoms with E-state index in [0.29, 0.717) is 6.04 Å². The molecule has 1 aromatic carbocycles. The number of hydrogen-bond acceptors (Lipinski definition) is 2. The number of hydrogen-bond donors (Lipinski definition) is 1. The topological polar surface area (TPSA) is 15.3 Å². The summed E-state index contributed by atoms with van der Waals surface area (Å²) in [5.74, 6) is 0. The number of benzene rings is 1. The van der Waals surface area contributed by atoms with Crippen LogP contribution >= 0.6 is 0 Å². The van der Waals surface area contributed by atoms with Gasteiger partial charge in [-0.3, -0.25) is 4.90 Å². The summed E-state index contributed by atoms with van der Waals surface area (Å²) in [6.45, 7) is 12.4. The number of likely N-dealkylation sites (N-methyl/N-ethyl adjacent to an activating group) is 1. The van der Waals surface area contributed by atoms with E-state index in [1.165, 1.54) is 16.7 Å². The molecule has 0 aromatic heterocycles. The Bertz CT molecular complexity index is 414. The molecule has 2 nitrogen and oxygen atoms in total. The smallest absolute Gasteiger partial charge is 0.0345 e. The molecule has 0 amide bonds. The third-order valence-electron chi connectivity index (χ3n) is 4.02. The first-order chi connectivity index (χ1) is 8.38. The number of nitrogens with zero attached hydrogens (tertiary/aromatic N) is 1. The molecule has 1 aromatic rings. The lowest BCUT2D eigenvalue weighted by atomic mass is 9.85. The lowest BCUT2D eigenvalue weighted by molar-refractivity contribution is 0.173. The normalized spacial score (nSPS) is 17.0. The minimum Gasteiger partial charge on any atom is -0.314 e. The minimum atomic E-state index is 0.235. The molecule has 2 rings (SSSR count). The molecule has 0 radical (unpaired) electrons. The van der Waals surface area contributed by atoms with Gasteiger partial charge in [0, 0.05) is 25.7 Å². The van der Waals surface area contributed by atoms with Gasteiger partial charge in [0.25, 0.3) is 0 Å².